The van der Waals surface area contributed by atoms with Gasteiger partial charge in [0, 0.05) is 17.0 Å². The summed E-state index contributed by atoms with van der Waals surface area (Å²) < 4.78 is 10.9. The maximum absolute atomic E-state index is 12.4. The number of ether oxygens (including phenoxy) is 2. The second-order valence-electron chi connectivity index (χ2n) is 5.64. The number of aryl methyl sites for hydroxylation is 1. The van der Waals surface area contributed by atoms with E-state index >= 15 is 0 Å². The van der Waals surface area contributed by atoms with Crippen molar-refractivity contribution < 1.29 is 19.1 Å². The lowest BCUT2D eigenvalue weighted by Gasteiger charge is -2.07. The molecular formula is C18H16O4S. The van der Waals surface area contributed by atoms with Crippen LogP contribution >= 0.6 is 11.3 Å². The fraction of sp³-hybridized carbons (Fsp3) is 0.222. The van der Waals surface area contributed by atoms with Crippen LogP contribution in [0.15, 0.2) is 35.4 Å². The zero-order valence-corrected chi connectivity index (χ0v) is 13.9. The van der Waals surface area contributed by atoms with Gasteiger partial charge in [-0.05, 0) is 36.1 Å². The fourth-order valence-corrected chi connectivity index (χ4v) is 2.96. The Hall–Kier alpha value is -2.40. The van der Waals surface area contributed by atoms with Gasteiger partial charge in [0.1, 0.15) is 11.5 Å². The van der Waals surface area contributed by atoms with Crippen molar-refractivity contribution >= 4 is 29.2 Å². The molecule has 2 aromatic rings. The molecule has 23 heavy (non-hydrogen) atoms. The number of esters is 1. The molecule has 0 fully saturated rings. The highest BCUT2D eigenvalue weighted by Gasteiger charge is 2.28. The first-order valence-corrected chi connectivity index (χ1v) is 8.17. The third-order valence-corrected chi connectivity index (χ3v) is 4.46. The van der Waals surface area contributed by atoms with Gasteiger partial charge in [-0.3, -0.25) is 9.59 Å². The van der Waals surface area contributed by atoms with Crippen LogP contribution in [0.5, 0.6) is 11.5 Å². The van der Waals surface area contributed by atoms with E-state index in [9.17, 15) is 9.59 Å². The largest absolute Gasteiger partial charge is 0.452 e. The highest BCUT2D eigenvalue weighted by atomic mass is 32.1. The molecule has 0 saturated carbocycles. The molecule has 0 aliphatic carbocycles. The highest BCUT2D eigenvalue weighted by Crippen LogP contribution is 2.35. The van der Waals surface area contributed by atoms with Crippen molar-refractivity contribution in [2.24, 2.45) is 5.92 Å². The molecule has 5 heteroatoms. The lowest BCUT2D eigenvalue weighted by molar-refractivity contribution is -0.137. The number of thiophene rings is 1. The first-order valence-electron chi connectivity index (χ1n) is 7.30. The van der Waals surface area contributed by atoms with Crippen LogP contribution in [0.25, 0.3) is 6.08 Å². The molecule has 0 bridgehead atoms. The van der Waals surface area contributed by atoms with Crippen molar-refractivity contribution in [3.8, 4) is 11.5 Å². The molecule has 2 heterocycles. The van der Waals surface area contributed by atoms with Crippen LogP contribution in [-0.4, -0.2) is 11.8 Å². The molecule has 1 aromatic carbocycles. The zero-order chi connectivity index (χ0) is 16.6. The molecule has 0 saturated heterocycles. The summed E-state index contributed by atoms with van der Waals surface area (Å²) in [4.78, 5) is 25.0. The molecule has 0 amide bonds. The van der Waals surface area contributed by atoms with E-state index in [2.05, 4.69) is 0 Å². The molecule has 0 radical (unpaired) electrons. The van der Waals surface area contributed by atoms with Crippen LogP contribution < -0.4 is 9.47 Å². The van der Waals surface area contributed by atoms with Gasteiger partial charge in [-0.25, -0.2) is 0 Å². The lowest BCUT2D eigenvalue weighted by Crippen LogP contribution is -2.14. The Morgan fingerprint density at radius 3 is 2.74 bits per heavy atom. The molecule has 0 N–H and O–H groups in total. The molecule has 1 aromatic heterocycles. The summed E-state index contributed by atoms with van der Waals surface area (Å²) in [5.41, 5.74) is 1.58. The topological polar surface area (TPSA) is 52.6 Å². The van der Waals surface area contributed by atoms with Gasteiger partial charge < -0.3 is 9.47 Å². The van der Waals surface area contributed by atoms with Gasteiger partial charge in [0.2, 0.25) is 5.78 Å². The Labute approximate surface area is 138 Å². The standard InChI is InChI=1S/C18H16O4S/c1-10(2)18(20)21-12-4-5-13-14(8-12)22-15(17(13)19)9-16-11(3)6-7-23-16/h4-10H,1-3H3. The van der Waals surface area contributed by atoms with Crippen molar-refractivity contribution in [1.82, 2.24) is 0 Å². The summed E-state index contributed by atoms with van der Waals surface area (Å²) in [6.45, 7) is 5.51. The van der Waals surface area contributed by atoms with Gasteiger partial charge >= 0.3 is 5.97 Å². The third kappa shape index (κ3) is 3.05. The van der Waals surface area contributed by atoms with Gasteiger partial charge in [-0.2, -0.15) is 0 Å². The number of carbonyl (C=O) groups excluding carboxylic acids is 2. The molecule has 0 spiro atoms. The minimum atomic E-state index is -0.320. The monoisotopic (exact) mass is 328 g/mol. The highest BCUT2D eigenvalue weighted by molar-refractivity contribution is 7.11. The smallest absolute Gasteiger partial charge is 0.313 e. The van der Waals surface area contributed by atoms with Gasteiger partial charge in [-0.1, -0.05) is 13.8 Å². The maximum atomic E-state index is 12.4. The quantitative estimate of drug-likeness (QED) is 0.480. The normalized spacial score (nSPS) is 15.0. The number of benzene rings is 1. The summed E-state index contributed by atoms with van der Waals surface area (Å²) in [5.74, 6) is 0.392. The number of hydrogen-bond acceptors (Lipinski definition) is 5. The van der Waals surface area contributed by atoms with E-state index in [1.165, 1.54) is 0 Å². The van der Waals surface area contributed by atoms with Crippen molar-refractivity contribution in [1.29, 1.82) is 0 Å². The average molecular weight is 328 g/mol. The molecule has 1 aliphatic heterocycles. The second kappa shape index (κ2) is 6.01. The molecule has 1 aliphatic rings. The van der Waals surface area contributed by atoms with Crippen molar-refractivity contribution in [2.75, 3.05) is 0 Å². The van der Waals surface area contributed by atoms with Gasteiger partial charge in [0.25, 0.3) is 0 Å². The van der Waals surface area contributed by atoms with E-state index in [1.807, 2.05) is 18.4 Å². The predicted molar refractivity (Wildman–Crippen MR) is 88.9 cm³/mol. The Kier molecular flexibility index (Phi) is 4.05. The van der Waals surface area contributed by atoms with E-state index < -0.39 is 0 Å². The van der Waals surface area contributed by atoms with Crippen molar-refractivity contribution in [3.05, 3.63) is 51.4 Å². The number of carbonyl (C=O) groups is 2. The van der Waals surface area contributed by atoms with Crippen LogP contribution in [0.4, 0.5) is 0 Å². The molecule has 118 valence electrons. The first-order chi connectivity index (χ1) is 11.0. The first kappa shape index (κ1) is 15.5. The maximum Gasteiger partial charge on any atom is 0.313 e. The average Bonchev–Trinajstić information content (AvgIpc) is 3.04. The molecule has 4 nitrogen and oxygen atoms in total. The van der Waals surface area contributed by atoms with Gasteiger partial charge in [-0.15, -0.1) is 11.3 Å². The number of allylic oxidation sites excluding steroid dienone is 1. The van der Waals surface area contributed by atoms with Crippen molar-refractivity contribution in [3.63, 3.8) is 0 Å². The van der Waals surface area contributed by atoms with E-state index in [4.69, 9.17) is 9.47 Å². The lowest BCUT2D eigenvalue weighted by atomic mass is 10.1. The van der Waals surface area contributed by atoms with E-state index in [1.54, 1.807) is 49.5 Å². The molecular weight excluding hydrogens is 312 g/mol. The van der Waals surface area contributed by atoms with Crippen LogP contribution in [0.3, 0.4) is 0 Å². The predicted octanol–water partition coefficient (Wildman–Crippen LogP) is 4.23. The second-order valence-corrected chi connectivity index (χ2v) is 6.59. The van der Waals surface area contributed by atoms with E-state index in [-0.39, 0.29) is 23.4 Å². The van der Waals surface area contributed by atoms with E-state index in [0.717, 1.165) is 10.4 Å². The summed E-state index contributed by atoms with van der Waals surface area (Å²) in [6, 6.07) is 6.81. The van der Waals surface area contributed by atoms with Crippen LogP contribution in [-0.2, 0) is 4.79 Å². The summed E-state index contributed by atoms with van der Waals surface area (Å²) >= 11 is 1.55. The third-order valence-electron chi connectivity index (χ3n) is 3.50. The minimum Gasteiger partial charge on any atom is -0.452 e. The number of rotatable bonds is 3. The Balaban J connectivity index is 1.87. The Bertz CT molecular complexity index is 814. The van der Waals surface area contributed by atoms with Crippen LogP contribution in [0.2, 0.25) is 0 Å². The van der Waals surface area contributed by atoms with E-state index in [0.29, 0.717) is 17.1 Å². The summed E-state index contributed by atoms with van der Waals surface area (Å²) in [7, 11) is 0. The van der Waals surface area contributed by atoms with Crippen molar-refractivity contribution in [2.45, 2.75) is 20.8 Å². The van der Waals surface area contributed by atoms with Crippen LogP contribution in [0.1, 0.15) is 34.6 Å². The number of hydrogen-bond donors (Lipinski definition) is 0. The zero-order valence-electron chi connectivity index (χ0n) is 13.1. The SMILES string of the molecule is Cc1ccsc1C=C1Oc2cc(OC(=O)C(C)C)ccc2C1=O. The minimum absolute atomic E-state index is 0.158. The van der Waals surface area contributed by atoms with Gasteiger partial charge in [0.05, 0.1) is 11.5 Å². The molecule has 3 rings (SSSR count). The summed E-state index contributed by atoms with van der Waals surface area (Å²) in [6.07, 6.45) is 1.75. The Morgan fingerprint density at radius 2 is 2.09 bits per heavy atom. The fourth-order valence-electron chi connectivity index (χ4n) is 2.12. The number of ketones is 1. The summed E-state index contributed by atoms with van der Waals surface area (Å²) in [5, 5.41) is 1.97. The van der Waals surface area contributed by atoms with Crippen LogP contribution in [0, 0.1) is 12.8 Å². The number of fused-ring (bicyclic) bond motifs is 1. The number of Topliss-reactive ketones (excluding diaryl/α,β-unsaturated/α-hetero) is 1. The Morgan fingerprint density at radius 1 is 1.30 bits per heavy atom. The van der Waals surface area contributed by atoms with Gasteiger partial charge in [0.15, 0.2) is 5.76 Å². The molecule has 0 unspecified atom stereocenters. The molecule has 0 atom stereocenters.